The van der Waals surface area contributed by atoms with E-state index < -0.39 is 20.9 Å². The summed E-state index contributed by atoms with van der Waals surface area (Å²) in [6.45, 7) is 0. The van der Waals surface area contributed by atoms with E-state index in [2.05, 4.69) is 5.10 Å². The molecule has 2 aromatic rings. The van der Waals surface area contributed by atoms with Gasteiger partial charge < -0.3 is 0 Å². The van der Waals surface area contributed by atoms with Crippen molar-refractivity contribution >= 4 is 21.6 Å². The standard InChI is InChI=1S/C10H6ClFN4O2S/c11-8-2-1-7(3-9(8)12)16-10(19(14,17)18)6(4-13)5-15-16/h1-3,5H,(H2,14,17,18). The predicted molar refractivity (Wildman–Crippen MR) is 64.6 cm³/mol. The van der Waals surface area contributed by atoms with E-state index in [9.17, 15) is 12.8 Å². The minimum Gasteiger partial charge on any atom is -0.223 e. The Morgan fingerprint density at radius 1 is 1.47 bits per heavy atom. The molecule has 0 unspecified atom stereocenters. The lowest BCUT2D eigenvalue weighted by Gasteiger charge is -2.06. The first-order chi connectivity index (χ1) is 8.84. The van der Waals surface area contributed by atoms with Crippen molar-refractivity contribution in [3.05, 3.63) is 40.8 Å². The number of halogens is 2. The second-order valence-corrected chi connectivity index (χ2v) is 5.41. The van der Waals surface area contributed by atoms with Crippen LogP contribution in [0, 0.1) is 17.1 Å². The van der Waals surface area contributed by atoms with Gasteiger partial charge in [-0.15, -0.1) is 0 Å². The Morgan fingerprint density at radius 2 is 2.16 bits per heavy atom. The molecule has 0 aliphatic rings. The number of sulfonamides is 1. The van der Waals surface area contributed by atoms with E-state index in [1.807, 2.05) is 0 Å². The highest BCUT2D eigenvalue weighted by Gasteiger charge is 2.22. The topological polar surface area (TPSA) is 102 Å². The summed E-state index contributed by atoms with van der Waals surface area (Å²) in [7, 11) is -4.18. The Balaban J connectivity index is 2.74. The van der Waals surface area contributed by atoms with Crippen LogP contribution in [-0.4, -0.2) is 18.2 Å². The van der Waals surface area contributed by atoms with Crippen LogP contribution < -0.4 is 5.14 Å². The van der Waals surface area contributed by atoms with Crippen molar-refractivity contribution in [2.24, 2.45) is 5.14 Å². The minimum atomic E-state index is -4.18. The normalized spacial score (nSPS) is 11.3. The molecule has 0 aliphatic carbocycles. The predicted octanol–water partition coefficient (Wildman–Crippen LogP) is 1.18. The number of benzene rings is 1. The molecule has 19 heavy (non-hydrogen) atoms. The molecule has 0 spiro atoms. The molecule has 9 heteroatoms. The van der Waals surface area contributed by atoms with E-state index in [4.69, 9.17) is 22.0 Å². The maximum Gasteiger partial charge on any atom is 0.257 e. The van der Waals surface area contributed by atoms with E-state index in [0.717, 1.165) is 16.9 Å². The summed E-state index contributed by atoms with van der Waals surface area (Å²) in [5.74, 6) is -0.742. The molecular formula is C10H6ClFN4O2S. The molecule has 0 aliphatic heterocycles. The fraction of sp³-hybridized carbons (Fsp3) is 0. The van der Waals surface area contributed by atoms with E-state index >= 15 is 0 Å². The van der Waals surface area contributed by atoms with Crippen LogP contribution in [0.5, 0.6) is 0 Å². The third kappa shape index (κ3) is 2.44. The highest BCUT2D eigenvalue weighted by molar-refractivity contribution is 7.89. The van der Waals surface area contributed by atoms with Crippen LogP contribution in [-0.2, 0) is 10.0 Å². The third-order valence-corrected chi connectivity index (χ3v) is 3.50. The molecule has 0 fully saturated rings. The average molecular weight is 301 g/mol. The van der Waals surface area contributed by atoms with E-state index in [1.54, 1.807) is 6.07 Å². The van der Waals surface area contributed by atoms with E-state index in [1.165, 1.54) is 12.1 Å². The largest absolute Gasteiger partial charge is 0.257 e. The zero-order valence-electron chi connectivity index (χ0n) is 9.21. The van der Waals surface area contributed by atoms with Crippen LogP contribution in [0.3, 0.4) is 0 Å². The molecule has 1 heterocycles. The van der Waals surface area contributed by atoms with Crippen LogP contribution in [0.1, 0.15) is 5.56 Å². The maximum absolute atomic E-state index is 13.4. The van der Waals surface area contributed by atoms with Crippen molar-refractivity contribution in [3.8, 4) is 11.8 Å². The molecule has 2 N–H and O–H groups in total. The minimum absolute atomic E-state index is 0.0902. The van der Waals surface area contributed by atoms with Crippen molar-refractivity contribution in [1.82, 2.24) is 9.78 Å². The molecule has 1 aromatic carbocycles. The van der Waals surface area contributed by atoms with E-state index in [0.29, 0.717) is 0 Å². The molecule has 0 saturated heterocycles. The molecule has 98 valence electrons. The number of nitriles is 1. The summed E-state index contributed by atoms with van der Waals surface area (Å²) >= 11 is 5.53. The van der Waals surface area contributed by atoms with Gasteiger partial charge in [-0.1, -0.05) is 11.6 Å². The van der Waals surface area contributed by atoms with Crippen molar-refractivity contribution in [2.45, 2.75) is 5.03 Å². The van der Waals surface area contributed by atoms with Crippen LogP contribution in [0.4, 0.5) is 4.39 Å². The summed E-state index contributed by atoms with van der Waals surface area (Å²) < 4.78 is 37.2. The molecule has 0 bridgehead atoms. The Bertz CT molecular complexity index is 794. The number of hydrogen-bond acceptors (Lipinski definition) is 4. The average Bonchev–Trinajstić information content (AvgIpc) is 2.76. The molecular weight excluding hydrogens is 295 g/mol. The van der Waals surface area contributed by atoms with Crippen LogP contribution in [0.2, 0.25) is 5.02 Å². The van der Waals surface area contributed by atoms with Crippen LogP contribution in [0.15, 0.2) is 29.4 Å². The molecule has 0 radical (unpaired) electrons. The fourth-order valence-corrected chi connectivity index (χ4v) is 2.40. The summed E-state index contributed by atoms with van der Waals surface area (Å²) in [6.07, 6.45) is 1.03. The summed E-state index contributed by atoms with van der Waals surface area (Å²) in [4.78, 5) is 0. The molecule has 2 rings (SSSR count). The lowest BCUT2D eigenvalue weighted by molar-refractivity contribution is 0.586. The molecule has 0 saturated carbocycles. The van der Waals surface area contributed by atoms with Gasteiger partial charge in [-0.2, -0.15) is 10.4 Å². The van der Waals surface area contributed by atoms with Crippen molar-refractivity contribution in [1.29, 1.82) is 5.26 Å². The Hall–Kier alpha value is -1.95. The first-order valence-corrected chi connectivity index (χ1v) is 6.73. The summed E-state index contributed by atoms with van der Waals surface area (Å²) in [6, 6.07) is 5.25. The van der Waals surface area contributed by atoms with Gasteiger partial charge in [-0.25, -0.2) is 22.6 Å². The van der Waals surface area contributed by atoms with Crippen molar-refractivity contribution in [2.75, 3.05) is 0 Å². The molecule has 0 amide bonds. The van der Waals surface area contributed by atoms with E-state index in [-0.39, 0.29) is 16.3 Å². The summed E-state index contributed by atoms with van der Waals surface area (Å²) in [5.41, 5.74) is -0.134. The van der Waals surface area contributed by atoms with Crippen LogP contribution >= 0.6 is 11.6 Å². The number of rotatable bonds is 2. The second kappa shape index (κ2) is 4.62. The first kappa shape index (κ1) is 13.5. The van der Waals surface area contributed by atoms with Crippen molar-refractivity contribution < 1.29 is 12.8 Å². The number of primary sulfonamides is 1. The zero-order valence-corrected chi connectivity index (χ0v) is 10.8. The molecule has 6 nitrogen and oxygen atoms in total. The molecule has 1 aromatic heterocycles. The third-order valence-electron chi connectivity index (χ3n) is 2.26. The monoisotopic (exact) mass is 300 g/mol. The number of nitrogens with zero attached hydrogens (tertiary/aromatic N) is 3. The SMILES string of the molecule is N#Cc1cnn(-c2ccc(Cl)c(F)c2)c1S(N)(=O)=O. The maximum atomic E-state index is 13.4. The van der Waals surface area contributed by atoms with Gasteiger partial charge in [-0.3, -0.25) is 0 Å². The van der Waals surface area contributed by atoms with Gasteiger partial charge in [0, 0.05) is 6.07 Å². The van der Waals surface area contributed by atoms with Gasteiger partial charge >= 0.3 is 0 Å². The van der Waals surface area contributed by atoms with Crippen molar-refractivity contribution in [3.63, 3.8) is 0 Å². The highest BCUT2D eigenvalue weighted by atomic mass is 35.5. The van der Waals surface area contributed by atoms with Crippen LogP contribution in [0.25, 0.3) is 5.69 Å². The lowest BCUT2D eigenvalue weighted by atomic mass is 10.3. The lowest BCUT2D eigenvalue weighted by Crippen LogP contribution is -2.18. The summed E-state index contributed by atoms with van der Waals surface area (Å²) in [5, 5.41) is 16.9. The highest BCUT2D eigenvalue weighted by Crippen LogP contribution is 2.22. The zero-order chi connectivity index (χ0) is 14.2. The first-order valence-electron chi connectivity index (χ1n) is 4.81. The Morgan fingerprint density at radius 3 is 2.68 bits per heavy atom. The number of hydrogen-bond donors (Lipinski definition) is 1. The Labute approximate surface area is 112 Å². The number of aromatic nitrogens is 2. The van der Waals surface area contributed by atoms with Gasteiger partial charge in [0.05, 0.1) is 16.9 Å². The van der Waals surface area contributed by atoms with Gasteiger partial charge in [-0.05, 0) is 12.1 Å². The van der Waals surface area contributed by atoms with Gasteiger partial charge in [0.25, 0.3) is 10.0 Å². The second-order valence-electron chi connectivity index (χ2n) is 3.53. The quantitative estimate of drug-likeness (QED) is 0.899. The van der Waals surface area contributed by atoms with Gasteiger partial charge in [0.15, 0.2) is 5.03 Å². The smallest absolute Gasteiger partial charge is 0.223 e. The Kier molecular flexibility index (Phi) is 3.28. The fourth-order valence-electron chi connectivity index (χ4n) is 1.49. The van der Waals surface area contributed by atoms with Gasteiger partial charge in [0.1, 0.15) is 17.4 Å². The number of nitrogens with two attached hydrogens (primary N) is 1. The van der Waals surface area contributed by atoms with Gasteiger partial charge in [0.2, 0.25) is 0 Å². The molecule has 0 atom stereocenters.